The molecule has 0 saturated carbocycles. The van der Waals surface area contributed by atoms with E-state index in [2.05, 4.69) is 6.92 Å². The number of aliphatic hydroxyl groups is 1. The fraction of sp³-hybridized carbons (Fsp3) is 0.200. The van der Waals surface area contributed by atoms with Gasteiger partial charge in [-0.1, -0.05) is 54.9 Å². The van der Waals surface area contributed by atoms with Crippen molar-refractivity contribution in [2.24, 2.45) is 0 Å². The van der Waals surface area contributed by atoms with Crippen molar-refractivity contribution in [3.8, 4) is 0 Å². The lowest BCUT2D eigenvalue weighted by molar-refractivity contribution is 0.220. The van der Waals surface area contributed by atoms with Gasteiger partial charge in [-0.15, -0.1) is 0 Å². The Morgan fingerprint density at radius 1 is 1.06 bits per heavy atom. The quantitative estimate of drug-likeness (QED) is 0.869. The summed E-state index contributed by atoms with van der Waals surface area (Å²) in [6.45, 7) is 2.11. The van der Waals surface area contributed by atoms with Gasteiger partial charge in [0.2, 0.25) is 0 Å². The summed E-state index contributed by atoms with van der Waals surface area (Å²) >= 11 is 5.91. The number of hydrogen-bond acceptors (Lipinski definition) is 1. The minimum atomic E-state index is -0.611. The molecule has 0 fully saturated rings. The topological polar surface area (TPSA) is 20.2 Å². The average Bonchev–Trinajstić information content (AvgIpc) is 2.38. The zero-order valence-corrected chi connectivity index (χ0v) is 10.5. The maximum atomic E-state index is 10.2. The van der Waals surface area contributed by atoms with Crippen molar-refractivity contribution in [2.75, 3.05) is 0 Å². The summed E-state index contributed by atoms with van der Waals surface area (Å²) in [4.78, 5) is 0. The number of rotatable bonds is 3. The third kappa shape index (κ3) is 2.87. The van der Waals surface area contributed by atoms with Crippen molar-refractivity contribution in [1.82, 2.24) is 0 Å². The van der Waals surface area contributed by atoms with Crippen LogP contribution < -0.4 is 0 Å². The van der Waals surface area contributed by atoms with E-state index in [4.69, 9.17) is 11.6 Å². The number of aryl methyl sites for hydroxylation is 1. The van der Waals surface area contributed by atoms with E-state index in [1.54, 1.807) is 12.1 Å². The van der Waals surface area contributed by atoms with Crippen LogP contribution >= 0.6 is 11.6 Å². The Kier molecular flexibility index (Phi) is 3.82. The molecule has 0 bridgehead atoms. The molecule has 0 aliphatic rings. The fourth-order valence-corrected chi connectivity index (χ4v) is 2.00. The summed E-state index contributed by atoms with van der Waals surface area (Å²) in [5, 5.41) is 10.9. The first-order valence-electron chi connectivity index (χ1n) is 5.73. The summed E-state index contributed by atoms with van der Waals surface area (Å²) in [5.41, 5.74) is 2.98. The molecule has 88 valence electrons. The lowest BCUT2D eigenvalue weighted by atomic mass is 10.00. The zero-order valence-electron chi connectivity index (χ0n) is 9.73. The van der Waals surface area contributed by atoms with Gasteiger partial charge in [0, 0.05) is 5.02 Å². The normalized spacial score (nSPS) is 12.4. The number of aliphatic hydroxyl groups excluding tert-OH is 1. The van der Waals surface area contributed by atoms with Gasteiger partial charge in [-0.2, -0.15) is 0 Å². The molecule has 0 aliphatic carbocycles. The Labute approximate surface area is 107 Å². The van der Waals surface area contributed by atoms with E-state index in [1.807, 2.05) is 36.4 Å². The van der Waals surface area contributed by atoms with Gasteiger partial charge in [-0.3, -0.25) is 0 Å². The predicted octanol–water partition coefficient (Wildman–Crippen LogP) is 3.98. The minimum Gasteiger partial charge on any atom is -0.384 e. The predicted molar refractivity (Wildman–Crippen MR) is 71.3 cm³/mol. The van der Waals surface area contributed by atoms with Crippen molar-refractivity contribution >= 4 is 11.6 Å². The molecule has 2 rings (SSSR count). The molecule has 0 saturated heterocycles. The van der Waals surface area contributed by atoms with Crippen molar-refractivity contribution in [3.05, 3.63) is 70.2 Å². The van der Waals surface area contributed by atoms with Gasteiger partial charge in [-0.05, 0) is 35.2 Å². The standard InChI is InChI=1S/C15H15ClO/c1-2-11-6-8-12(9-7-11)15(17)13-4-3-5-14(16)10-13/h3-10,15,17H,2H2,1H3/t15-/m1/s1. The highest BCUT2D eigenvalue weighted by Gasteiger charge is 2.10. The van der Waals surface area contributed by atoms with Crippen LogP contribution in [-0.4, -0.2) is 5.11 Å². The van der Waals surface area contributed by atoms with E-state index >= 15 is 0 Å². The third-order valence-electron chi connectivity index (χ3n) is 2.87. The molecule has 0 spiro atoms. The maximum Gasteiger partial charge on any atom is 0.104 e. The Hall–Kier alpha value is -1.31. The van der Waals surface area contributed by atoms with E-state index in [0.29, 0.717) is 5.02 Å². The van der Waals surface area contributed by atoms with E-state index in [1.165, 1.54) is 5.56 Å². The molecule has 0 aromatic heterocycles. The first-order chi connectivity index (χ1) is 8.20. The minimum absolute atomic E-state index is 0.611. The van der Waals surface area contributed by atoms with Crippen molar-refractivity contribution in [3.63, 3.8) is 0 Å². The SMILES string of the molecule is CCc1ccc([C@@H](O)c2cccc(Cl)c2)cc1. The fourth-order valence-electron chi connectivity index (χ4n) is 1.80. The van der Waals surface area contributed by atoms with Crippen molar-refractivity contribution in [2.45, 2.75) is 19.4 Å². The van der Waals surface area contributed by atoms with Gasteiger partial charge >= 0.3 is 0 Å². The molecule has 17 heavy (non-hydrogen) atoms. The molecular formula is C15H15ClO. The van der Waals surface area contributed by atoms with Crippen LogP contribution in [0.3, 0.4) is 0 Å². The average molecular weight is 247 g/mol. The number of benzene rings is 2. The monoisotopic (exact) mass is 246 g/mol. The molecule has 0 unspecified atom stereocenters. The van der Waals surface area contributed by atoms with Crippen LogP contribution in [-0.2, 0) is 6.42 Å². The van der Waals surface area contributed by atoms with Crippen LogP contribution in [0.1, 0.15) is 29.7 Å². The molecule has 0 heterocycles. The second-order valence-corrected chi connectivity index (χ2v) is 4.49. The lowest BCUT2D eigenvalue weighted by Gasteiger charge is -2.12. The Bertz CT molecular complexity index is 491. The summed E-state index contributed by atoms with van der Waals surface area (Å²) < 4.78 is 0. The van der Waals surface area contributed by atoms with Crippen LogP contribution in [0.5, 0.6) is 0 Å². The van der Waals surface area contributed by atoms with Gasteiger partial charge in [0.05, 0.1) is 0 Å². The lowest BCUT2D eigenvalue weighted by Crippen LogP contribution is -1.99. The second-order valence-electron chi connectivity index (χ2n) is 4.05. The van der Waals surface area contributed by atoms with E-state index < -0.39 is 6.10 Å². The van der Waals surface area contributed by atoms with Crippen LogP contribution in [0.15, 0.2) is 48.5 Å². The van der Waals surface area contributed by atoms with Gasteiger partial charge in [0.15, 0.2) is 0 Å². The Morgan fingerprint density at radius 3 is 2.35 bits per heavy atom. The van der Waals surface area contributed by atoms with Gasteiger partial charge in [-0.25, -0.2) is 0 Å². The molecule has 1 nitrogen and oxygen atoms in total. The second kappa shape index (κ2) is 5.35. The van der Waals surface area contributed by atoms with Crippen LogP contribution in [0.25, 0.3) is 0 Å². The largest absolute Gasteiger partial charge is 0.384 e. The molecule has 0 aliphatic heterocycles. The first kappa shape index (κ1) is 12.2. The van der Waals surface area contributed by atoms with Crippen LogP contribution in [0, 0.1) is 0 Å². The van der Waals surface area contributed by atoms with E-state index in [-0.39, 0.29) is 0 Å². The van der Waals surface area contributed by atoms with E-state index in [9.17, 15) is 5.11 Å². The number of hydrogen-bond donors (Lipinski definition) is 1. The number of halogens is 1. The molecular weight excluding hydrogens is 232 g/mol. The highest BCUT2D eigenvalue weighted by molar-refractivity contribution is 6.30. The first-order valence-corrected chi connectivity index (χ1v) is 6.11. The third-order valence-corrected chi connectivity index (χ3v) is 3.10. The summed E-state index contributed by atoms with van der Waals surface area (Å²) in [6.07, 6.45) is 0.396. The highest BCUT2D eigenvalue weighted by atomic mass is 35.5. The van der Waals surface area contributed by atoms with Crippen molar-refractivity contribution in [1.29, 1.82) is 0 Å². The van der Waals surface area contributed by atoms with Crippen molar-refractivity contribution < 1.29 is 5.11 Å². The maximum absolute atomic E-state index is 10.2. The molecule has 1 N–H and O–H groups in total. The van der Waals surface area contributed by atoms with Gasteiger partial charge in [0.25, 0.3) is 0 Å². The highest BCUT2D eigenvalue weighted by Crippen LogP contribution is 2.24. The van der Waals surface area contributed by atoms with Crippen LogP contribution in [0.2, 0.25) is 5.02 Å². The molecule has 2 aromatic carbocycles. The molecule has 1 atom stereocenters. The molecule has 2 aromatic rings. The summed E-state index contributed by atoms with van der Waals surface area (Å²) in [7, 11) is 0. The van der Waals surface area contributed by atoms with Crippen LogP contribution in [0.4, 0.5) is 0 Å². The Morgan fingerprint density at radius 2 is 1.76 bits per heavy atom. The Balaban J connectivity index is 2.27. The molecule has 2 heteroatoms. The zero-order chi connectivity index (χ0) is 12.3. The molecule has 0 radical (unpaired) electrons. The van der Waals surface area contributed by atoms with Gasteiger partial charge in [0.1, 0.15) is 6.10 Å². The molecule has 0 amide bonds. The van der Waals surface area contributed by atoms with Gasteiger partial charge < -0.3 is 5.11 Å². The smallest absolute Gasteiger partial charge is 0.104 e. The van der Waals surface area contributed by atoms with E-state index in [0.717, 1.165) is 17.5 Å². The summed E-state index contributed by atoms with van der Waals surface area (Å²) in [6, 6.07) is 15.3. The summed E-state index contributed by atoms with van der Waals surface area (Å²) in [5.74, 6) is 0.